The van der Waals surface area contributed by atoms with Crippen LogP contribution in [0.25, 0.3) is 0 Å². The lowest BCUT2D eigenvalue weighted by Gasteiger charge is -1.96. The molecule has 1 aromatic carbocycles. The van der Waals surface area contributed by atoms with Gasteiger partial charge in [-0.1, -0.05) is 76.4 Å². The fraction of sp³-hybridized carbons (Fsp3) is 0.625. The molecule has 0 spiro atoms. The molecule has 0 unspecified atom stereocenters. The Morgan fingerprint density at radius 3 is 0.833 bits per heavy atom. The molecule has 0 bridgehead atoms. The van der Waals surface area contributed by atoms with E-state index in [-0.39, 0.29) is 17.9 Å². The fourth-order valence-corrected chi connectivity index (χ4v) is 1.47. The van der Waals surface area contributed by atoms with E-state index in [1.54, 1.807) is 0 Å². The number of rotatable bonds is 9. The molecule has 0 N–H and O–H groups in total. The van der Waals surface area contributed by atoms with E-state index in [0.29, 0.717) is 19.8 Å². The first kappa shape index (κ1) is 32.3. The summed E-state index contributed by atoms with van der Waals surface area (Å²) >= 11 is 0. The maximum absolute atomic E-state index is 10.1. The SMILES string of the molecule is CCCCOC(C)=O.CCCCOC(C)=O.CCCCOC(C)=O.c1ccccc1. The molecule has 0 amide bonds. The summed E-state index contributed by atoms with van der Waals surface area (Å²) in [5.41, 5.74) is 0. The van der Waals surface area contributed by atoms with Gasteiger partial charge in [-0.05, 0) is 19.3 Å². The second-order valence-corrected chi connectivity index (χ2v) is 6.24. The minimum atomic E-state index is -0.182. The lowest BCUT2D eigenvalue weighted by Crippen LogP contribution is -1.99. The van der Waals surface area contributed by atoms with E-state index in [0.717, 1.165) is 38.5 Å². The largest absolute Gasteiger partial charge is 0.466 e. The summed E-state index contributed by atoms with van der Waals surface area (Å²) in [5, 5.41) is 0. The Labute approximate surface area is 183 Å². The van der Waals surface area contributed by atoms with Crippen LogP contribution >= 0.6 is 0 Å². The Kier molecular flexibility index (Phi) is 31.0. The monoisotopic (exact) mass is 426 g/mol. The van der Waals surface area contributed by atoms with Crippen molar-refractivity contribution >= 4 is 17.9 Å². The summed E-state index contributed by atoms with van der Waals surface area (Å²) in [4.78, 5) is 30.3. The van der Waals surface area contributed by atoms with Crippen molar-refractivity contribution in [1.82, 2.24) is 0 Å². The summed E-state index contributed by atoms with van der Waals surface area (Å²) in [7, 11) is 0. The van der Waals surface area contributed by atoms with Crippen LogP contribution in [-0.2, 0) is 28.6 Å². The van der Waals surface area contributed by atoms with Gasteiger partial charge < -0.3 is 14.2 Å². The summed E-state index contributed by atoms with van der Waals surface area (Å²) in [5.74, 6) is -0.546. The van der Waals surface area contributed by atoms with Gasteiger partial charge in [-0.3, -0.25) is 14.4 Å². The first-order valence-corrected chi connectivity index (χ1v) is 10.7. The number of carbonyl (C=O) groups is 3. The summed E-state index contributed by atoms with van der Waals surface area (Å²) in [6.07, 6.45) is 6.15. The van der Waals surface area contributed by atoms with E-state index >= 15 is 0 Å². The molecule has 0 fully saturated rings. The second kappa shape index (κ2) is 28.8. The third-order valence-corrected chi connectivity index (χ3v) is 3.08. The molecule has 174 valence electrons. The molecule has 1 rings (SSSR count). The van der Waals surface area contributed by atoms with Crippen LogP contribution in [0.4, 0.5) is 0 Å². The molecule has 1 aromatic rings. The van der Waals surface area contributed by atoms with Gasteiger partial charge in [0.1, 0.15) is 0 Å². The van der Waals surface area contributed by atoms with Gasteiger partial charge in [0.25, 0.3) is 0 Å². The van der Waals surface area contributed by atoms with Crippen molar-refractivity contribution in [1.29, 1.82) is 0 Å². The lowest BCUT2D eigenvalue weighted by atomic mass is 10.4. The van der Waals surface area contributed by atoms with Crippen molar-refractivity contribution in [3.05, 3.63) is 36.4 Å². The molecule has 0 heterocycles. The highest BCUT2D eigenvalue weighted by molar-refractivity contribution is 5.66. The molecule has 6 nitrogen and oxygen atoms in total. The van der Waals surface area contributed by atoms with Crippen LogP contribution in [0.5, 0.6) is 0 Å². The molecular formula is C24H42O6. The van der Waals surface area contributed by atoms with E-state index < -0.39 is 0 Å². The van der Waals surface area contributed by atoms with Gasteiger partial charge in [-0.25, -0.2) is 0 Å². The molecule has 0 aliphatic carbocycles. The van der Waals surface area contributed by atoms with Gasteiger partial charge in [-0.15, -0.1) is 0 Å². The van der Waals surface area contributed by atoms with Crippen LogP contribution in [0.15, 0.2) is 36.4 Å². The zero-order valence-electron chi connectivity index (χ0n) is 19.8. The van der Waals surface area contributed by atoms with Crippen LogP contribution in [0.2, 0.25) is 0 Å². The van der Waals surface area contributed by atoms with Gasteiger partial charge in [0, 0.05) is 20.8 Å². The standard InChI is InChI=1S/3C6H12O2.C6H6/c3*1-3-4-5-8-6(2)7;1-2-4-6-5-3-1/h3*3-5H2,1-2H3;1-6H. The highest BCUT2D eigenvalue weighted by atomic mass is 16.5. The summed E-state index contributed by atoms with van der Waals surface area (Å²) in [6.45, 7) is 12.2. The van der Waals surface area contributed by atoms with Gasteiger partial charge in [-0.2, -0.15) is 0 Å². The maximum atomic E-state index is 10.1. The van der Waals surface area contributed by atoms with Crippen LogP contribution in [0, 0.1) is 0 Å². The predicted octanol–water partition coefficient (Wildman–Crippen LogP) is 5.74. The number of ether oxygens (including phenoxy) is 3. The van der Waals surface area contributed by atoms with Gasteiger partial charge in [0.2, 0.25) is 0 Å². The van der Waals surface area contributed by atoms with Crippen molar-refractivity contribution in [3.8, 4) is 0 Å². The Morgan fingerprint density at radius 2 is 0.700 bits per heavy atom. The number of benzene rings is 1. The molecule has 0 saturated heterocycles. The maximum Gasteiger partial charge on any atom is 0.302 e. The molecule has 0 radical (unpaired) electrons. The molecule has 0 aliphatic rings. The van der Waals surface area contributed by atoms with Gasteiger partial charge in [0.15, 0.2) is 0 Å². The summed E-state index contributed by atoms with van der Waals surface area (Å²) < 4.78 is 13.9. The van der Waals surface area contributed by atoms with E-state index in [2.05, 4.69) is 35.0 Å². The first-order valence-electron chi connectivity index (χ1n) is 10.7. The molecule has 30 heavy (non-hydrogen) atoms. The Bertz CT molecular complexity index is 413. The van der Waals surface area contributed by atoms with Crippen molar-refractivity contribution in [2.45, 2.75) is 80.1 Å². The second-order valence-electron chi connectivity index (χ2n) is 6.24. The quantitative estimate of drug-likeness (QED) is 0.285. The van der Waals surface area contributed by atoms with Crippen LogP contribution in [-0.4, -0.2) is 37.7 Å². The van der Waals surface area contributed by atoms with Gasteiger partial charge >= 0.3 is 17.9 Å². The van der Waals surface area contributed by atoms with Crippen molar-refractivity contribution in [2.24, 2.45) is 0 Å². The highest BCUT2D eigenvalue weighted by Crippen LogP contribution is 1.88. The number of unbranched alkanes of at least 4 members (excludes halogenated alkanes) is 3. The van der Waals surface area contributed by atoms with E-state index in [1.165, 1.54) is 20.8 Å². The number of hydrogen-bond acceptors (Lipinski definition) is 6. The molecule has 6 heteroatoms. The number of hydrogen-bond donors (Lipinski definition) is 0. The van der Waals surface area contributed by atoms with E-state index in [4.69, 9.17) is 0 Å². The Morgan fingerprint density at radius 1 is 0.500 bits per heavy atom. The van der Waals surface area contributed by atoms with Gasteiger partial charge in [0.05, 0.1) is 19.8 Å². The molecule has 0 atom stereocenters. The van der Waals surface area contributed by atoms with Crippen LogP contribution < -0.4 is 0 Å². The zero-order chi connectivity index (χ0) is 23.5. The van der Waals surface area contributed by atoms with E-state index in [1.807, 2.05) is 36.4 Å². The zero-order valence-corrected chi connectivity index (χ0v) is 19.8. The van der Waals surface area contributed by atoms with Crippen molar-refractivity contribution < 1.29 is 28.6 Å². The average molecular weight is 427 g/mol. The predicted molar refractivity (Wildman–Crippen MR) is 121 cm³/mol. The Hall–Kier alpha value is -2.37. The van der Waals surface area contributed by atoms with Crippen LogP contribution in [0.3, 0.4) is 0 Å². The molecule has 0 aliphatic heterocycles. The smallest absolute Gasteiger partial charge is 0.302 e. The fourth-order valence-electron chi connectivity index (χ4n) is 1.47. The topological polar surface area (TPSA) is 78.9 Å². The lowest BCUT2D eigenvalue weighted by molar-refractivity contribution is -0.142. The normalized spacial score (nSPS) is 8.60. The first-order chi connectivity index (χ1) is 14.3. The number of esters is 3. The molecule has 0 aromatic heterocycles. The summed E-state index contributed by atoms with van der Waals surface area (Å²) in [6, 6.07) is 12.0. The van der Waals surface area contributed by atoms with Crippen LogP contribution in [0.1, 0.15) is 80.1 Å². The number of carbonyl (C=O) groups excluding carboxylic acids is 3. The third-order valence-electron chi connectivity index (χ3n) is 3.08. The third kappa shape index (κ3) is 44.8. The molecule has 0 saturated carbocycles. The molecular weight excluding hydrogens is 384 g/mol. The van der Waals surface area contributed by atoms with E-state index in [9.17, 15) is 14.4 Å². The minimum Gasteiger partial charge on any atom is -0.466 e. The minimum absolute atomic E-state index is 0.182. The average Bonchev–Trinajstić information content (AvgIpc) is 2.71. The van der Waals surface area contributed by atoms with Crippen molar-refractivity contribution in [3.63, 3.8) is 0 Å². The Balaban J connectivity index is -0.000000325. The van der Waals surface area contributed by atoms with Crippen molar-refractivity contribution in [2.75, 3.05) is 19.8 Å². The highest BCUT2D eigenvalue weighted by Gasteiger charge is 1.89.